The molecule has 1 heterocycles. The van der Waals surface area contributed by atoms with Crippen LogP contribution < -0.4 is 5.32 Å². The Morgan fingerprint density at radius 2 is 1.86 bits per heavy atom. The normalized spacial score (nSPS) is 12.5. The van der Waals surface area contributed by atoms with E-state index < -0.39 is 0 Å². The summed E-state index contributed by atoms with van der Waals surface area (Å²) in [5, 5.41) is 13.8. The highest BCUT2D eigenvalue weighted by atomic mass is 32.1. The maximum Gasteiger partial charge on any atom is 0.0578 e. The van der Waals surface area contributed by atoms with Crippen molar-refractivity contribution in [3.8, 4) is 0 Å². The molecule has 0 aliphatic rings. The van der Waals surface area contributed by atoms with E-state index in [1.165, 1.54) is 15.0 Å². The molecule has 3 rings (SSSR count). The average Bonchev–Trinajstić information content (AvgIpc) is 2.94. The monoisotopic (exact) mass is 297 g/mol. The molecule has 0 aliphatic heterocycles. The Bertz CT molecular complexity index is 684. The molecule has 1 unspecified atom stereocenters. The van der Waals surface area contributed by atoms with E-state index in [9.17, 15) is 0 Å². The summed E-state index contributed by atoms with van der Waals surface area (Å²) in [6.45, 7) is 2.39. The predicted molar refractivity (Wildman–Crippen MR) is 91.1 cm³/mol. The van der Waals surface area contributed by atoms with Crippen molar-refractivity contribution < 1.29 is 5.11 Å². The number of hydrogen-bond donors (Lipinski definition) is 2. The topological polar surface area (TPSA) is 32.3 Å². The second kappa shape index (κ2) is 6.29. The Kier molecular flexibility index (Phi) is 4.23. The molecule has 1 aromatic heterocycles. The summed E-state index contributed by atoms with van der Waals surface area (Å²) in [4.78, 5) is 1.34. The van der Waals surface area contributed by atoms with Gasteiger partial charge in [0.15, 0.2) is 0 Å². The number of rotatable bonds is 5. The molecule has 21 heavy (non-hydrogen) atoms. The molecule has 0 amide bonds. The number of aliphatic hydroxyl groups is 1. The summed E-state index contributed by atoms with van der Waals surface area (Å²) < 4.78 is 1.33. The number of hydrogen-bond acceptors (Lipinski definition) is 3. The van der Waals surface area contributed by atoms with Crippen LogP contribution in [0.3, 0.4) is 0 Å². The van der Waals surface area contributed by atoms with Gasteiger partial charge < -0.3 is 10.4 Å². The summed E-state index contributed by atoms with van der Waals surface area (Å²) in [5.74, 6) is 0. The van der Waals surface area contributed by atoms with Crippen LogP contribution in [0.5, 0.6) is 0 Å². The largest absolute Gasteiger partial charge is 0.396 e. The predicted octanol–water partition coefficient (Wildman–Crippen LogP) is 4.61. The fraction of sp³-hybridized carbons (Fsp3) is 0.222. The van der Waals surface area contributed by atoms with Gasteiger partial charge in [0.25, 0.3) is 0 Å². The molecule has 0 spiro atoms. The number of thiophene rings is 1. The lowest BCUT2D eigenvalue weighted by atomic mass is 10.1. The summed E-state index contributed by atoms with van der Waals surface area (Å²) in [5.41, 5.74) is 2.28. The molecule has 2 nitrogen and oxygen atoms in total. The van der Waals surface area contributed by atoms with Crippen LogP contribution in [0.1, 0.15) is 23.4 Å². The van der Waals surface area contributed by atoms with Crippen LogP contribution in [0.25, 0.3) is 10.1 Å². The number of benzene rings is 2. The van der Waals surface area contributed by atoms with Gasteiger partial charge in [-0.05, 0) is 48.6 Å². The van der Waals surface area contributed by atoms with E-state index in [2.05, 4.69) is 66.8 Å². The Balaban J connectivity index is 1.74. The van der Waals surface area contributed by atoms with Gasteiger partial charge in [-0.3, -0.25) is 0 Å². The number of aliphatic hydroxyl groups excluding tert-OH is 1. The van der Waals surface area contributed by atoms with Crippen LogP contribution in [0.4, 0.5) is 5.69 Å². The van der Waals surface area contributed by atoms with E-state index in [4.69, 9.17) is 5.11 Å². The Labute approximate surface area is 129 Å². The molecule has 3 heteroatoms. The molecule has 3 aromatic rings. The molecule has 0 bridgehead atoms. The highest BCUT2D eigenvalue weighted by Crippen LogP contribution is 2.31. The fourth-order valence-corrected chi connectivity index (χ4v) is 3.50. The quantitative estimate of drug-likeness (QED) is 0.721. The van der Waals surface area contributed by atoms with Crippen molar-refractivity contribution in [2.24, 2.45) is 0 Å². The fourth-order valence-electron chi connectivity index (χ4n) is 2.43. The van der Waals surface area contributed by atoms with E-state index in [0.29, 0.717) is 6.42 Å². The molecule has 1 atom stereocenters. The first kappa shape index (κ1) is 14.1. The lowest BCUT2D eigenvalue weighted by molar-refractivity contribution is 0.299. The Morgan fingerprint density at radius 3 is 2.57 bits per heavy atom. The van der Waals surface area contributed by atoms with Crippen molar-refractivity contribution in [3.05, 3.63) is 65.0 Å². The highest BCUT2D eigenvalue weighted by Gasteiger charge is 2.09. The van der Waals surface area contributed by atoms with Gasteiger partial charge in [-0.1, -0.05) is 30.3 Å². The van der Waals surface area contributed by atoms with Crippen molar-refractivity contribution in [2.75, 3.05) is 11.9 Å². The molecule has 0 fully saturated rings. The van der Waals surface area contributed by atoms with Gasteiger partial charge in [0.1, 0.15) is 0 Å². The molecule has 0 aliphatic carbocycles. The van der Waals surface area contributed by atoms with E-state index in [1.54, 1.807) is 0 Å². The minimum Gasteiger partial charge on any atom is -0.396 e. The van der Waals surface area contributed by atoms with Crippen LogP contribution in [-0.2, 0) is 6.42 Å². The summed E-state index contributed by atoms with van der Waals surface area (Å²) in [6.07, 6.45) is 0.714. The van der Waals surface area contributed by atoms with E-state index >= 15 is 0 Å². The molecule has 2 N–H and O–H groups in total. The maximum atomic E-state index is 8.94. The Hall–Kier alpha value is -1.84. The standard InChI is InChI=1S/C18H19NOS/c1-13(18-12-15-4-2-3-5-17(15)21-18)19-16-8-6-14(7-9-16)10-11-20/h2-9,12-13,19-20H,10-11H2,1H3. The first-order chi connectivity index (χ1) is 10.3. The van der Waals surface area contributed by atoms with Crippen molar-refractivity contribution in [3.63, 3.8) is 0 Å². The minimum atomic E-state index is 0.199. The minimum absolute atomic E-state index is 0.199. The first-order valence-electron chi connectivity index (χ1n) is 7.21. The lowest BCUT2D eigenvalue weighted by Crippen LogP contribution is -2.04. The molecule has 0 saturated carbocycles. The van der Waals surface area contributed by atoms with Crippen LogP contribution in [0, 0.1) is 0 Å². The van der Waals surface area contributed by atoms with Gasteiger partial charge in [-0.15, -0.1) is 11.3 Å². The smallest absolute Gasteiger partial charge is 0.0578 e. The third-order valence-electron chi connectivity index (χ3n) is 3.61. The first-order valence-corrected chi connectivity index (χ1v) is 8.03. The van der Waals surface area contributed by atoms with Crippen LogP contribution in [-0.4, -0.2) is 11.7 Å². The SMILES string of the molecule is CC(Nc1ccc(CCO)cc1)c1cc2ccccc2s1. The van der Waals surface area contributed by atoms with Gasteiger partial charge in [0, 0.05) is 21.9 Å². The Morgan fingerprint density at radius 1 is 1.10 bits per heavy atom. The highest BCUT2D eigenvalue weighted by molar-refractivity contribution is 7.19. The number of fused-ring (bicyclic) bond motifs is 1. The lowest BCUT2D eigenvalue weighted by Gasteiger charge is -2.14. The molecular formula is C18H19NOS. The molecule has 0 saturated heterocycles. The molecule has 108 valence electrons. The van der Waals surface area contributed by atoms with Crippen molar-refractivity contribution in [2.45, 2.75) is 19.4 Å². The number of nitrogens with one attached hydrogen (secondary N) is 1. The summed E-state index contributed by atoms with van der Waals surface area (Å²) in [6, 6.07) is 19.3. The third-order valence-corrected chi connectivity index (χ3v) is 4.91. The van der Waals surface area contributed by atoms with Crippen molar-refractivity contribution >= 4 is 27.1 Å². The van der Waals surface area contributed by atoms with Gasteiger partial charge in [0.2, 0.25) is 0 Å². The van der Waals surface area contributed by atoms with Gasteiger partial charge >= 0.3 is 0 Å². The van der Waals surface area contributed by atoms with Crippen molar-refractivity contribution in [1.82, 2.24) is 0 Å². The number of anilines is 1. The van der Waals surface area contributed by atoms with Crippen molar-refractivity contribution in [1.29, 1.82) is 0 Å². The van der Waals surface area contributed by atoms with Gasteiger partial charge in [-0.2, -0.15) is 0 Å². The van der Waals surface area contributed by atoms with Gasteiger partial charge in [0.05, 0.1) is 6.04 Å². The van der Waals surface area contributed by atoms with Crippen LogP contribution in [0.2, 0.25) is 0 Å². The molecular weight excluding hydrogens is 278 g/mol. The van der Waals surface area contributed by atoms with Crippen LogP contribution >= 0.6 is 11.3 Å². The summed E-state index contributed by atoms with van der Waals surface area (Å²) >= 11 is 1.84. The van der Waals surface area contributed by atoms with Crippen LogP contribution in [0.15, 0.2) is 54.6 Å². The average molecular weight is 297 g/mol. The van der Waals surface area contributed by atoms with E-state index in [0.717, 1.165) is 11.3 Å². The van der Waals surface area contributed by atoms with E-state index in [1.807, 2.05) is 11.3 Å². The molecule has 0 radical (unpaired) electrons. The molecule has 2 aromatic carbocycles. The second-order valence-corrected chi connectivity index (χ2v) is 6.34. The zero-order valence-corrected chi connectivity index (χ0v) is 12.9. The van der Waals surface area contributed by atoms with E-state index in [-0.39, 0.29) is 12.6 Å². The van der Waals surface area contributed by atoms with Gasteiger partial charge in [-0.25, -0.2) is 0 Å². The zero-order valence-electron chi connectivity index (χ0n) is 12.0. The maximum absolute atomic E-state index is 8.94. The third kappa shape index (κ3) is 3.26. The summed E-state index contributed by atoms with van der Waals surface area (Å²) in [7, 11) is 0. The zero-order chi connectivity index (χ0) is 14.7. The second-order valence-electron chi connectivity index (χ2n) is 5.22.